The molecule has 2 N–H and O–H groups in total. The van der Waals surface area contributed by atoms with Crippen LogP contribution in [-0.4, -0.2) is 28.5 Å². The van der Waals surface area contributed by atoms with Gasteiger partial charge < -0.3 is 5.73 Å². The van der Waals surface area contributed by atoms with Crippen molar-refractivity contribution in [1.29, 1.82) is 0 Å². The van der Waals surface area contributed by atoms with Crippen LogP contribution in [0.3, 0.4) is 0 Å². The standard InChI is InChI=1S/C14H26N2S/c1-10-3-4-13(9-11(10)2)16(12-5-6-12)8-7-14(15)17/h10-13H,3-9H2,1-2H3,(H2,15,17). The van der Waals surface area contributed by atoms with E-state index in [0.717, 1.165) is 36.9 Å². The van der Waals surface area contributed by atoms with Crippen molar-refractivity contribution in [2.45, 2.75) is 64.5 Å². The molecule has 0 aromatic carbocycles. The van der Waals surface area contributed by atoms with Crippen LogP contribution < -0.4 is 5.73 Å². The van der Waals surface area contributed by atoms with Crippen LogP contribution in [0.15, 0.2) is 0 Å². The Morgan fingerprint density at radius 3 is 2.29 bits per heavy atom. The van der Waals surface area contributed by atoms with Crippen LogP contribution in [0.1, 0.15) is 52.4 Å². The number of nitrogens with two attached hydrogens (primary N) is 1. The summed E-state index contributed by atoms with van der Waals surface area (Å²) in [6, 6.07) is 1.64. The number of rotatable bonds is 5. The zero-order valence-electron chi connectivity index (χ0n) is 11.2. The average molecular weight is 254 g/mol. The Labute approximate surface area is 111 Å². The van der Waals surface area contributed by atoms with Gasteiger partial charge >= 0.3 is 0 Å². The summed E-state index contributed by atoms with van der Waals surface area (Å²) in [4.78, 5) is 3.38. The lowest BCUT2D eigenvalue weighted by Crippen LogP contribution is -2.43. The monoisotopic (exact) mass is 254 g/mol. The molecule has 0 bridgehead atoms. The molecule has 0 saturated heterocycles. The highest BCUT2D eigenvalue weighted by Gasteiger charge is 2.36. The summed E-state index contributed by atoms with van der Waals surface area (Å²) >= 11 is 5.02. The molecule has 2 fully saturated rings. The van der Waals surface area contributed by atoms with Crippen LogP contribution in [0.25, 0.3) is 0 Å². The molecule has 3 unspecified atom stereocenters. The Morgan fingerprint density at radius 1 is 1.12 bits per heavy atom. The summed E-state index contributed by atoms with van der Waals surface area (Å²) in [5.74, 6) is 1.78. The Balaban J connectivity index is 1.89. The molecule has 3 atom stereocenters. The maximum Gasteiger partial charge on any atom is 0.0740 e. The highest BCUT2D eigenvalue weighted by Crippen LogP contribution is 2.37. The van der Waals surface area contributed by atoms with Crippen LogP contribution in [0.2, 0.25) is 0 Å². The van der Waals surface area contributed by atoms with Gasteiger partial charge in [0.15, 0.2) is 0 Å². The smallest absolute Gasteiger partial charge is 0.0740 e. The molecule has 2 rings (SSSR count). The zero-order chi connectivity index (χ0) is 12.4. The summed E-state index contributed by atoms with van der Waals surface area (Å²) in [5.41, 5.74) is 5.64. The van der Waals surface area contributed by atoms with Crippen LogP contribution in [0.4, 0.5) is 0 Å². The van der Waals surface area contributed by atoms with Crippen LogP contribution in [-0.2, 0) is 0 Å². The lowest BCUT2D eigenvalue weighted by molar-refractivity contribution is 0.105. The Kier molecular flexibility index (Phi) is 4.42. The van der Waals surface area contributed by atoms with Gasteiger partial charge in [-0.25, -0.2) is 0 Å². The quantitative estimate of drug-likeness (QED) is 0.765. The van der Waals surface area contributed by atoms with Gasteiger partial charge in [0.1, 0.15) is 0 Å². The molecule has 0 radical (unpaired) electrons. The SMILES string of the molecule is CC1CCC(N(CCC(N)=S)C2CC2)CC1C. The predicted molar refractivity (Wildman–Crippen MR) is 77.1 cm³/mol. The number of nitrogens with zero attached hydrogens (tertiary/aromatic N) is 1. The van der Waals surface area contributed by atoms with Crippen molar-refractivity contribution >= 4 is 17.2 Å². The molecule has 0 spiro atoms. The van der Waals surface area contributed by atoms with Gasteiger partial charge in [0.2, 0.25) is 0 Å². The minimum Gasteiger partial charge on any atom is -0.393 e. The van der Waals surface area contributed by atoms with Crippen LogP contribution >= 0.6 is 12.2 Å². The minimum atomic E-state index is 0.674. The van der Waals surface area contributed by atoms with Gasteiger partial charge in [0.05, 0.1) is 4.99 Å². The summed E-state index contributed by atoms with van der Waals surface area (Å²) < 4.78 is 0. The van der Waals surface area contributed by atoms with Crippen LogP contribution in [0.5, 0.6) is 0 Å². The van der Waals surface area contributed by atoms with Gasteiger partial charge in [-0.2, -0.15) is 0 Å². The maximum atomic E-state index is 5.64. The first-order chi connectivity index (χ1) is 8.08. The molecule has 17 heavy (non-hydrogen) atoms. The minimum absolute atomic E-state index is 0.674. The van der Waals surface area contributed by atoms with Gasteiger partial charge in [-0.1, -0.05) is 26.1 Å². The van der Waals surface area contributed by atoms with E-state index in [1.807, 2.05) is 0 Å². The van der Waals surface area contributed by atoms with Crippen molar-refractivity contribution < 1.29 is 0 Å². The van der Waals surface area contributed by atoms with Crippen molar-refractivity contribution in [3.05, 3.63) is 0 Å². The first kappa shape index (κ1) is 13.3. The van der Waals surface area contributed by atoms with Gasteiger partial charge in [-0.3, -0.25) is 4.90 Å². The third-order valence-electron chi connectivity index (χ3n) is 4.67. The predicted octanol–water partition coefficient (Wildman–Crippen LogP) is 2.95. The maximum absolute atomic E-state index is 5.64. The largest absolute Gasteiger partial charge is 0.393 e. The molecule has 0 heterocycles. The average Bonchev–Trinajstić information content (AvgIpc) is 3.07. The molecule has 2 saturated carbocycles. The number of hydrogen-bond donors (Lipinski definition) is 1. The third-order valence-corrected chi connectivity index (χ3v) is 4.88. The Morgan fingerprint density at radius 2 is 1.76 bits per heavy atom. The topological polar surface area (TPSA) is 29.3 Å². The normalized spacial score (nSPS) is 33.9. The molecule has 2 aliphatic rings. The summed E-state index contributed by atoms with van der Waals surface area (Å²) in [7, 11) is 0. The fraction of sp³-hybridized carbons (Fsp3) is 0.929. The van der Waals surface area contributed by atoms with Crippen molar-refractivity contribution in [2.24, 2.45) is 17.6 Å². The van der Waals surface area contributed by atoms with Gasteiger partial charge in [-0.15, -0.1) is 0 Å². The molecule has 2 aliphatic carbocycles. The molecular weight excluding hydrogens is 228 g/mol. The molecule has 0 aromatic heterocycles. The van der Waals surface area contributed by atoms with E-state index in [2.05, 4.69) is 18.7 Å². The summed E-state index contributed by atoms with van der Waals surface area (Å²) in [6.45, 7) is 5.90. The lowest BCUT2D eigenvalue weighted by atomic mass is 9.78. The Bertz CT molecular complexity index is 275. The van der Waals surface area contributed by atoms with E-state index in [4.69, 9.17) is 18.0 Å². The van der Waals surface area contributed by atoms with Crippen molar-refractivity contribution in [3.63, 3.8) is 0 Å². The highest BCUT2D eigenvalue weighted by molar-refractivity contribution is 7.80. The third kappa shape index (κ3) is 3.65. The second kappa shape index (κ2) is 5.66. The van der Waals surface area contributed by atoms with Crippen molar-refractivity contribution in [2.75, 3.05) is 6.54 Å². The van der Waals surface area contributed by atoms with Crippen LogP contribution in [0, 0.1) is 11.8 Å². The molecular formula is C14H26N2S. The molecule has 0 aliphatic heterocycles. The van der Waals surface area contributed by atoms with E-state index in [0.29, 0.717) is 4.99 Å². The zero-order valence-corrected chi connectivity index (χ0v) is 12.0. The first-order valence-corrected chi connectivity index (χ1v) is 7.52. The molecule has 98 valence electrons. The van der Waals surface area contributed by atoms with Gasteiger partial charge in [-0.05, 0) is 43.9 Å². The fourth-order valence-corrected chi connectivity index (χ4v) is 3.22. The van der Waals surface area contributed by atoms with E-state index < -0.39 is 0 Å². The van der Waals surface area contributed by atoms with Crippen molar-refractivity contribution in [3.8, 4) is 0 Å². The van der Waals surface area contributed by atoms with E-state index in [1.165, 1.54) is 32.1 Å². The van der Waals surface area contributed by atoms with Crippen molar-refractivity contribution in [1.82, 2.24) is 4.90 Å². The number of thiocarbonyl (C=S) groups is 1. The fourth-order valence-electron chi connectivity index (χ4n) is 3.13. The Hall–Kier alpha value is -0.150. The second-order valence-electron chi connectivity index (χ2n) is 6.11. The van der Waals surface area contributed by atoms with E-state index >= 15 is 0 Å². The first-order valence-electron chi connectivity index (χ1n) is 7.12. The highest BCUT2D eigenvalue weighted by atomic mass is 32.1. The summed E-state index contributed by atoms with van der Waals surface area (Å²) in [5, 5.41) is 0. The van der Waals surface area contributed by atoms with E-state index in [1.54, 1.807) is 0 Å². The second-order valence-corrected chi connectivity index (χ2v) is 6.63. The summed E-state index contributed by atoms with van der Waals surface area (Å²) in [6.07, 6.45) is 7.80. The molecule has 0 aromatic rings. The lowest BCUT2D eigenvalue weighted by Gasteiger charge is -2.39. The molecule has 3 heteroatoms. The van der Waals surface area contributed by atoms with Gasteiger partial charge in [0.25, 0.3) is 0 Å². The number of hydrogen-bond acceptors (Lipinski definition) is 2. The van der Waals surface area contributed by atoms with E-state index in [9.17, 15) is 0 Å². The molecule has 0 amide bonds. The van der Waals surface area contributed by atoms with E-state index in [-0.39, 0.29) is 0 Å². The molecule has 2 nitrogen and oxygen atoms in total. The van der Waals surface area contributed by atoms with Gasteiger partial charge in [0, 0.05) is 25.0 Å².